The summed E-state index contributed by atoms with van der Waals surface area (Å²) < 4.78 is 31.5. The van der Waals surface area contributed by atoms with Crippen molar-refractivity contribution in [3.05, 3.63) is 59.1 Å². The predicted octanol–water partition coefficient (Wildman–Crippen LogP) is 4.62. The summed E-state index contributed by atoms with van der Waals surface area (Å²) in [6.07, 6.45) is 2.72. The molecule has 0 unspecified atom stereocenters. The zero-order valence-corrected chi connectivity index (χ0v) is 23.8. The van der Waals surface area contributed by atoms with E-state index in [0.29, 0.717) is 22.9 Å². The third-order valence-electron chi connectivity index (χ3n) is 6.15. The van der Waals surface area contributed by atoms with Crippen molar-refractivity contribution in [3.8, 4) is 5.75 Å². The van der Waals surface area contributed by atoms with Crippen LogP contribution in [0.15, 0.2) is 48.5 Å². The van der Waals surface area contributed by atoms with Crippen LogP contribution < -0.4 is 14.4 Å². The molecule has 0 aliphatic heterocycles. The second-order valence-corrected chi connectivity index (χ2v) is 11.4. The van der Waals surface area contributed by atoms with E-state index < -0.39 is 16.1 Å². The number of methoxy groups -OCH3 is 1. The van der Waals surface area contributed by atoms with E-state index in [9.17, 15) is 18.0 Å². The number of carbonyl (C=O) groups is 2. The molecular weight excluding hydrogens is 514 g/mol. The summed E-state index contributed by atoms with van der Waals surface area (Å²) >= 11 is 6.02. The van der Waals surface area contributed by atoms with Gasteiger partial charge in [0.25, 0.3) is 0 Å². The highest BCUT2D eigenvalue weighted by Crippen LogP contribution is 2.24. The van der Waals surface area contributed by atoms with Crippen LogP contribution in [0.2, 0.25) is 5.02 Å². The molecule has 0 saturated heterocycles. The van der Waals surface area contributed by atoms with Gasteiger partial charge in [-0.2, -0.15) is 0 Å². The Morgan fingerprint density at radius 2 is 1.76 bits per heavy atom. The van der Waals surface area contributed by atoms with Gasteiger partial charge in [-0.3, -0.25) is 13.9 Å². The Morgan fingerprint density at radius 3 is 2.32 bits per heavy atom. The second-order valence-electron chi connectivity index (χ2n) is 9.03. The van der Waals surface area contributed by atoms with E-state index in [-0.39, 0.29) is 43.8 Å². The van der Waals surface area contributed by atoms with Crippen molar-refractivity contribution >= 4 is 39.1 Å². The molecule has 2 atom stereocenters. The van der Waals surface area contributed by atoms with Gasteiger partial charge in [-0.1, -0.05) is 43.6 Å². The Kier molecular flexibility index (Phi) is 11.7. The van der Waals surface area contributed by atoms with E-state index in [0.717, 1.165) is 18.2 Å². The standard InChI is InChI=1S/C27H38ClN3O5S/c1-6-20(3)29-27(33)25(7-2)30(19-21-13-15-22(28)16-14-21)26(32)12-9-17-31(37(5,34)35)23-10-8-11-24(18-23)36-4/h8,10-11,13-16,18,20,25H,6-7,9,12,17,19H2,1-5H3,(H,29,33)/t20-,25-/m1/s1. The molecule has 0 aliphatic rings. The van der Waals surface area contributed by atoms with E-state index in [2.05, 4.69) is 5.32 Å². The molecule has 2 aromatic carbocycles. The number of halogens is 1. The van der Waals surface area contributed by atoms with Crippen LogP contribution in [0.5, 0.6) is 5.75 Å². The third-order valence-corrected chi connectivity index (χ3v) is 7.59. The SMILES string of the molecule is CC[C@@H](C)NC(=O)[C@@H](CC)N(Cc1ccc(Cl)cc1)C(=O)CCCN(c1cccc(OC)c1)S(C)(=O)=O. The predicted molar refractivity (Wildman–Crippen MR) is 148 cm³/mol. The minimum absolute atomic E-state index is 0.0137. The Labute approximate surface area is 226 Å². The molecule has 204 valence electrons. The molecule has 0 fully saturated rings. The van der Waals surface area contributed by atoms with E-state index in [1.54, 1.807) is 41.3 Å². The van der Waals surface area contributed by atoms with Gasteiger partial charge in [-0.25, -0.2) is 8.42 Å². The molecular formula is C27H38ClN3O5S. The Morgan fingerprint density at radius 1 is 1.08 bits per heavy atom. The van der Waals surface area contributed by atoms with E-state index in [1.807, 2.05) is 32.9 Å². The lowest BCUT2D eigenvalue weighted by Gasteiger charge is -2.32. The number of ether oxygens (including phenoxy) is 1. The number of sulfonamides is 1. The molecule has 1 N–H and O–H groups in total. The number of nitrogens with zero attached hydrogens (tertiary/aromatic N) is 2. The molecule has 0 aromatic heterocycles. The van der Waals surface area contributed by atoms with Crippen LogP contribution in [-0.4, -0.2) is 57.1 Å². The van der Waals surface area contributed by atoms with Gasteiger partial charge in [0.1, 0.15) is 11.8 Å². The second kappa shape index (κ2) is 14.2. The Balaban J connectivity index is 2.22. The van der Waals surface area contributed by atoms with Gasteiger partial charge in [0.05, 0.1) is 19.1 Å². The van der Waals surface area contributed by atoms with Crippen LogP contribution in [0, 0.1) is 0 Å². The van der Waals surface area contributed by atoms with Crippen molar-refractivity contribution in [3.63, 3.8) is 0 Å². The van der Waals surface area contributed by atoms with Crippen molar-refractivity contribution in [1.29, 1.82) is 0 Å². The molecule has 8 nitrogen and oxygen atoms in total. The third kappa shape index (κ3) is 9.23. The summed E-state index contributed by atoms with van der Waals surface area (Å²) in [5, 5.41) is 3.57. The molecule has 0 spiro atoms. The monoisotopic (exact) mass is 551 g/mol. The maximum atomic E-state index is 13.5. The number of benzene rings is 2. The molecule has 0 heterocycles. The van der Waals surface area contributed by atoms with Crippen LogP contribution in [0.25, 0.3) is 0 Å². The minimum Gasteiger partial charge on any atom is -0.497 e. The first-order valence-electron chi connectivity index (χ1n) is 12.5. The number of nitrogens with one attached hydrogen (secondary N) is 1. The zero-order valence-electron chi connectivity index (χ0n) is 22.2. The average molecular weight is 552 g/mol. The van der Waals surface area contributed by atoms with E-state index >= 15 is 0 Å². The summed E-state index contributed by atoms with van der Waals surface area (Å²) in [5.41, 5.74) is 1.31. The van der Waals surface area contributed by atoms with Gasteiger partial charge in [-0.15, -0.1) is 0 Å². The molecule has 37 heavy (non-hydrogen) atoms. The van der Waals surface area contributed by atoms with Crippen LogP contribution in [0.3, 0.4) is 0 Å². The maximum absolute atomic E-state index is 13.5. The molecule has 0 bridgehead atoms. The van der Waals surface area contributed by atoms with Crippen LogP contribution >= 0.6 is 11.6 Å². The molecule has 2 aromatic rings. The fourth-order valence-electron chi connectivity index (χ4n) is 3.92. The van der Waals surface area contributed by atoms with Gasteiger partial charge in [0.2, 0.25) is 21.8 Å². The summed E-state index contributed by atoms with van der Waals surface area (Å²) in [6.45, 7) is 6.14. The van der Waals surface area contributed by atoms with Crippen molar-refractivity contribution in [2.24, 2.45) is 0 Å². The lowest BCUT2D eigenvalue weighted by Crippen LogP contribution is -2.50. The largest absolute Gasteiger partial charge is 0.497 e. The molecule has 0 aliphatic carbocycles. The molecule has 2 amide bonds. The summed E-state index contributed by atoms with van der Waals surface area (Å²) in [5.74, 6) is 0.114. The quantitative estimate of drug-likeness (QED) is 0.370. The van der Waals surface area contributed by atoms with Gasteiger partial charge in [0.15, 0.2) is 0 Å². The fourth-order valence-corrected chi connectivity index (χ4v) is 5.00. The fraction of sp³-hybridized carbons (Fsp3) is 0.481. The van der Waals surface area contributed by atoms with E-state index in [1.165, 1.54) is 11.4 Å². The van der Waals surface area contributed by atoms with Gasteiger partial charge in [0, 0.05) is 36.6 Å². The van der Waals surface area contributed by atoms with Gasteiger partial charge < -0.3 is 15.0 Å². The van der Waals surface area contributed by atoms with Crippen LogP contribution in [-0.2, 0) is 26.2 Å². The number of amides is 2. The highest BCUT2D eigenvalue weighted by atomic mass is 35.5. The minimum atomic E-state index is -3.59. The number of rotatable bonds is 14. The molecule has 0 radical (unpaired) electrons. The highest BCUT2D eigenvalue weighted by Gasteiger charge is 2.29. The van der Waals surface area contributed by atoms with Crippen molar-refractivity contribution < 1.29 is 22.7 Å². The highest BCUT2D eigenvalue weighted by molar-refractivity contribution is 7.92. The molecule has 0 saturated carbocycles. The Bertz CT molecular complexity index is 1140. The van der Waals surface area contributed by atoms with Gasteiger partial charge in [-0.05, 0) is 56.0 Å². The number of hydrogen-bond acceptors (Lipinski definition) is 5. The Hall–Kier alpha value is -2.78. The summed E-state index contributed by atoms with van der Waals surface area (Å²) in [6, 6.07) is 13.3. The first-order valence-corrected chi connectivity index (χ1v) is 14.7. The average Bonchev–Trinajstić information content (AvgIpc) is 2.86. The van der Waals surface area contributed by atoms with Crippen molar-refractivity contribution in [2.75, 3.05) is 24.2 Å². The molecule has 10 heteroatoms. The number of carbonyl (C=O) groups excluding carboxylic acids is 2. The lowest BCUT2D eigenvalue weighted by molar-refractivity contribution is -0.141. The normalized spacial score (nSPS) is 12.9. The first kappa shape index (κ1) is 30.4. The summed E-state index contributed by atoms with van der Waals surface area (Å²) in [4.78, 5) is 28.1. The van der Waals surface area contributed by atoms with Crippen molar-refractivity contribution in [2.45, 2.75) is 65.1 Å². The first-order chi connectivity index (χ1) is 17.5. The lowest BCUT2D eigenvalue weighted by atomic mass is 10.1. The maximum Gasteiger partial charge on any atom is 0.243 e. The number of anilines is 1. The topological polar surface area (TPSA) is 96.0 Å². The summed E-state index contributed by atoms with van der Waals surface area (Å²) in [7, 11) is -2.08. The van der Waals surface area contributed by atoms with Crippen LogP contribution in [0.1, 0.15) is 52.0 Å². The molecule has 2 rings (SSSR count). The zero-order chi connectivity index (χ0) is 27.6. The van der Waals surface area contributed by atoms with Crippen molar-refractivity contribution in [1.82, 2.24) is 10.2 Å². The van der Waals surface area contributed by atoms with Gasteiger partial charge >= 0.3 is 0 Å². The van der Waals surface area contributed by atoms with E-state index in [4.69, 9.17) is 16.3 Å². The smallest absolute Gasteiger partial charge is 0.243 e. The number of hydrogen-bond donors (Lipinski definition) is 1. The van der Waals surface area contributed by atoms with Crippen LogP contribution in [0.4, 0.5) is 5.69 Å².